The lowest BCUT2D eigenvalue weighted by atomic mass is 10.1. The average molecular weight is 454 g/mol. The SMILES string of the molecule is CN=C(NCc1cccc(C)c1)NCc1nnc2n1CCCCC2.I. The molecule has 0 radical (unpaired) electrons. The lowest BCUT2D eigenvalue weighted by molar-refractivity contribution is 0.596. The van der Waals surface area contributed by atoms with Gasteiger partial charge in [0.1, 0.15) is 5.82 Å². The monoisotopic (exact) mass is 454 g/mol. The Bertz CT molecular complexity index is 709. The zero-order valence-corrected chi connectivity index (χ0v) is 17.3. The van der Waals surface area contributed by atoms with Crippen LogP contribution in [0.25, 0.3) is 0 Å². The molecule has 1 aromatic heterocycles. The summed E-state index contributed by atoms with van der Waals surface area (Å²) >= 11 is 0. The number of aromatic nitrogens is 3. The van der Waals surface area contributed by atoms with E-state index in [1.54, 1.807) is 7.05 Å². The van der Waals surface area contributed by atoms with Crippen LogP contribution in [-0.4, -0.2) is 27.8 Å². The number of nitrogens with zero attached hydrogens (tertiary/aromatic N) is 4. The Morgan fingerprint density at radius 1 is 1.16 bits per heavy atom. The molecule has 2 aromatic rings. The lowest BCUT2D eigenvalue weighted by Crippen LogP contribution is -2.37. The highest BCUT2D eigenvalue weighted by molar-refractivity contribution is 14.0. The highest BCUT2D eigenvalue weighted by Gasteiger charge is 2.14. The molecule has 2 N–H and O–H groups in total. The Labute approximate surface area is 166 Å². The molecule has 1 aliphatic rings. The van der Waals surface area contributed by atoms with Crippen molar-refractivity contribution in [3.05, 3.63) is 47.0 Å². The third kappa shape index (κ3) is 5.42. The van der Waals surface area contributed by atoms with Crippen molar-refractivity contribution in [2.24, 2.45) is 4.99 Å². The van der Waals surface area contributed by atoms with Gasteiger partial charge in [-0.1, -0.05) is 36.2 Å². The van der Waals surface area contributed by atoms with E-state index in [1.807, 2.05) is 0 Å². The molecule has 0 fully saturated rings. The highest BCUT2D eigenvalue weighted by atomic mass is 127. The summed E-state index contributed by atoms with van der Waals surface area (Å²) in [6.45, 7) is 4.52. The fourth-order valence-electron chi connectivity index (χ4n) is 3.07. The normalized spacial score (nSPS) is 14.2. The molecular weight excluding hydrogens is 427 g/mol. The van der Waals surface area contributed by atoms with Gasteiger partial charge in [-0.05, 0) is 25.3 Å². The van der Waals surface area contributed by atoms with Gasteiger partial charge in [0.25, 0.3) is 0 Å². The van der Waals surface area contributed by atoms with Gasteiger partial charge in [0, 0.05) is 26.6 Å². The predicted molar refractivity (Wildman–Crippen MR) is 111 cm³/mol. The van der Waals surface area contributed by atoms with E-state index in [0.29, 0.717) is 6.54 Å². The maximum atomic E-state index is 4.34. The van der Waals surface area contributed by atoms with E-state index in [2.05, 4.69) is 61.6 Å². The number of fused-ring (bicyclic) bond motifs is 1. The minimum atomic E-state index is 0. The second-order valence-electron chi connectivity index (χ2n) is 6.26. The second kappa shape index (κ2) is 9.74. The van der Waals surface area contributed by atoms with E-state index in [9.17, 15) is 0 Å². The molecule has 0 aliphatic carbocycles. The van der Waals surface area contributed by atoms with Crippen molar-refractivity contribution in [3.63, 3.8) is 0 Å². The first-order valence-corrected chi connectivity index (χ1v) is 8.67. The zero-order valence-electron chi connectivity index (χ0n) is 15.0. The van der Waals surface area contributed by atoms with Gasteiger partial charge < -0.3 is 15.2 Å². The van der Waals surface area contributed by atoms with Gasteiger partial charge in [-0.2, -0.15) is 0 Å². The van der Waals surface area contributed by atoms with E-state index in [1.165, 1.54) is 30.4 Å². The van der Waals surface area contributed by atoms with Crippen molar-refractivity contribution >= 4 is 29.9 Å². The molecule has 0 bridgehead atoms. The van der Waals surface area contributed by atoms with Gasteiger partial charge >= 0.3 is 0 Å². The van der Waals surface area contributed by atoms with Crippen LogP contribution in [0.4, 0.5) is 0 Å². The molecule has 136 valence electrons. The molecule has 0 saturated heterocycles. The Kier molecular flexibility index (Phi) is 7.67. The molecule has 0 atom stereocenters. The molecule has 3 rings (SSSR count). The highest BCUT2D eigenvalue weighted by Crippen LogP contribution is 2.14. The molecule has 0 spiro atoms. The topological polar surface area (TPSA) is 67.1 Å². The number of aryl methyl sites for hydroxylation is 2. The van der Waals surface area contributed by atoms with Crippen molar-refractivity contribution < 1.29 is 0 Å². The first kappa shape index (κ1) is 19.7. The Morgan fingerprint density at radius 3 is 2.80 bits per heavy atom. The molecule has 25 heavy (non-hydrogen) atoms. The molecule has 6 nitrogen and oxygen atoms in total. The van der Waals surface area contributed by atoms with Gasteiger partial charge in [0.15, 0.2) is 11.8 Å². The van der Waals surface area contributed by atoms with Crippen LogP contribution in [0.5, 0.6) is 0 Å². The Balaban J connectivity index is 0.00000225. The fraction of sp³-hybridized carbons (Fsp3) is 0.500. The lowest BCUT2D eigenvalue weighted by Gasteiger charge is -2.13. The predicted octanol–water partition coefficient (Wildman–Crippen LogP) is 2.80. The van der Waals surface area contributed by atoms with Crippen LogP contribution in [0.3, 0.4) is 0 Å². The van der Waals surface area contributed by atoms with Gasteiger partial charge in [-0.3, -0.25) is 4.99 Å². The van der Waals surface area contributed by atoms with Crippen LogP contribution >= 0.6 is 24.0 Å². The van der Waals surface area contributed by atoms with E-state index in [0.717, 1.165) is 37.1 Å². The van der Waals surface area contributed by atoms with Gasteiger partial charge in [0.05, 0.1) is 6.54 Å². The molecular formula is C18H27IN6. The van der Waals surface area contributed by atoms with Crippen LogP contribution < -0.4 is 10.6 Å². The standard InChI is InChI=1S/C18H26N6.HI/c1-14-7-6-8-15(11-14)12-20-18(19-2)21-13-17-23-22-16-9-4-3-5-10-24(16)17;/h6-8,11H,3-5,9-10,12-13H2,1-2H3,(H2,19,20,21);1H. The number of hydrogen-bond acceptors (Lipinski definition) is 3. The van der Waals surface area contributed by atoms with E-state index < -0.39 is 0 Å². The van der Waals surface area contributed by atoms with Crippen molar-refractivity contribution in [1.82, 2.24) is 25.4 Å². The van der Waals surface area contributed by atoms with Gasteiger partial charge in [-0.25, -0.2) is 0 Å². The summed E-state index contributed by atoms with van der Waals surface area (Å²) in [4.78, 5) is 4.29. The summed E-state index contributed by atoms with van der Waals surface area (Å²) in [5.74, 6) is 2.89. The minimum Gasteiger partial charge on any atom is -0.352 e. The average Bonchev–Trinajstić information content (AvgIpc) is 2.82. The Hall–Kier alpha value is -1.64. The van der Waals surface area contributed by atoms with Crippen molar-refractivity contribution in [3.8, 4) is 0 Å². The first-order chi connectivity index (χ1) is 11.8. The van der Waals surface area contributed by atoms with Crippen LogP contribution in [0.15, 0.2) is 29.3 Å². The number of hydrogen-bond donors (Lipinski definition) is 2. The first-order valence-electron chi connectivity index (χ1n) is 8.67. The van der Waals surface area contributed by atoms with E-state index in [-0.39, 0.29) is 24.0 Å². The third-order valence-corrected chi connectivity index (χ3v) is 4.37. The van der Waals surface area contributed by atoms with Crippen LogP contribution in [0.1, 0.15) is 42.0 Å². The quantitative estimate of drug-likeness (QED) is 0.424. The maximum Gasteiger partial charge on any atom is 0.191 e. The van der Waals surface area contributed by atoms with Crippen LogP contribution in [0, 0.1) is 6.92 Å². The smallest absolute Gasteiger partial charge is 0.191 e. The van der Waals surface area contributed by atoms with E-state index >= 15 is 0 Å². The summed E-state index contributed by atoms with van der Waals surface area (Å²) in [6.07, 6.45) is 4.73. The summed E-state index contributed by atoms with van der Waals surface area (Å²) in [5.41, 5.74) is 2.51. The molecule has 7 heteroatoms. The largest absolute Gasteiger partial charge is 0.352 e. The molecule has 0 amide bonds. The molecule has 0 unspecified atom stereocenters. The summed E-state index contributed by atoms with van der Waals surface area (Å²) < 4.78 is 2.26. The van der Waals surface area contributed by atoms with E-state index in [4.69, 9.17) is 0 Å². The number of guanidine groups is 1. The second-order valence-corrected chi connectivity index (χ2v) is 6.26. The molecule has 2 heterocycles. The summed E-state index contributed by atoms with van der Waals surface area (Å²) in [5, 5.41) is 15.4. The Morgan fingerprint density at radius 2 is 2.00 bits per heavy atom. The maximum absolute atomic E-state index is 4.34. The van der Waals surface area contributed by atoms with Crippen molar-refractivity contribution in [2.75, 3.05) is 7.05 Å². The van der Waals surface area contributed by atoms with Crippen molar-refractivity contribution in [1.29, 1.82) is 0 Å². The van der Waals surface area contributed by atoms with Crippen LogP contribution in [-0.2, 0) is 26.1 Å². The minimum absolute atomic E-state index is 0. The molecule has 1 aliphatic heterocycles. The fourth-order valence-corrected chi connectivity index (χ4v) is 3.07. The number of rotatable bonds is 4. The zero-order chi connectivity index (χ0) is 16.8. The summed E-state index contributed by atoms with van der Waals surface area (Å²) in [7, 11) is 1.79. The number of benzene rings is 1. The number of aliphatic imine (C=N–C) groups is 1. The van der Waals surface area contributed by atoms with Crippen LogP contribution in [0.2, 0.25) is 0 Å². The molecule has 1 aromatic carbocycles. The summed E-state index contributed by atoms with van der Waals surface area (Å²) in [6, 6.07) is 8.48. The van der Waals surface area contributed by atoms with Gasteiger partial charge in [-0.15, -0.1) is 34.2 Å². The number of nitrogens with one attached hydrogen (secondary N) is 2. The molecule has 0 saturated carbocycles. The van der Waals surface area contributed by atoms with Crippen molar-refractivity contribution in [2.45, 2.75) is 52.2 Å². The van der Waals surface area contributed by atoms with Gasteiger partial charge in [0.2, 0.25) is 0 Å². The third-order valence-electron chi connectivity index (χ3n) is 4.37. The number of halogens is 1.